The van der Waals surface area contributed by atoms with E-state index in [9.17, 15) is 24.5 Å². The van der Waals surface area contributed by atoms with Crippen LogP contribution in [0.15, 0.2) is 48.5 Å². The fraction of sp³-hybridized carbons (Fsp3) is 0.100. The fourth-order valence-electron chi connectivity index (χ4n) is 2.79. The molecule has 1 N–H and O–H groups in total. The standard InChI is InChI=1S/C20H14ClN3O6/c1-2-30-20(27)17-15(16(22-23-17)18(25)11-6-4-3-5-7-11)19(26)13-9-8-12(21)10-14(13)24(28)29/h3-10H,2H2,1H3,(H,22,23). The molecule has 1 aromatic heterocycles. The van der Waals surface area contributed by atoms with Crippen LogP contribution in [-0.2, 0) is 4.74 Å². The number of aromatic nitrogens is 2. The summed E-state index contributed by atoms with van der Waals surface area (Å²) in [4.78, 5) is 49.2. The van der Waals surface area contributed by atoms with E-state index >= 15 is 0 Å². The van der Waals surface area contributed by atoms with E-state index in [0.29, 0.717) is 0 Å². The molecule has 0 aliphatic carbocycles. The predicted molar refractivity (Wildman–Crippen MR) is 106 cm³/mol. The van der Waals surface area contributed by atoms with Gasteiger partial charge in [0.15, 0.2) is 5.69 Å². The summed E-state index contributed by atoms with van der Waals surface area (Å²) < 4.78 is 4.92. The second-order valence-corrected chi connectivity index (χ2v) is 6.42. The van der Waals surface area contributed by atoms with E-state index in [1.54, 1.807) is 25.1 Å². The number of H-pyrrole nitrogens is 1. The van der Waals surface area contributed by atoms with E-state index in [2.05, 4.69) is 10.2 Å². The van der Waals surface area contributed by atoms with Gasteiger partial charge in [-0.25, -0.2) is 4.79 Å². The number of nitro groups is 1. The van der Waals surface area contributed by atoms with Crippen molar-refractivity contribution in [2.45, 2.75) is 6.92 Å². The van der Waals surface area contributed by atoms with Crippen molar-refractivity contribution in [3.8, 4) is 0 Å². The molecule has 0 aliphatic heterocycles. The summed E-state index contributed by atoms with van der Waals surface area (Å²) in [5.74, 6) is -2.49. The molecule has 152 valence electrons. The highest BCUT2D eigenvalue weighted by molar-refractivity contribution is 6.31. The number of hydrogen-bond acceptors (Lipinski definition) is 7. The van der Waals surface area contributed by atoms with Crippen molar-refractivity contribution in [2.75, 3.05) is 6.61 Å². The SMILES string of the molecule is CCOC(=O)c1[nH]nc(C(=O)c2ccccc2)c1C(=O)c1ccc(Cl)cc1[N+](=O)[O-]. The van der Waals surface area contributed by atoms with Gasteiger partial charge in [0.05, 0.1) is 17.1 Å². The number of benzene rings is 2. The minimum Gasteiger partial charge on any atom is -0.461 e. The van der Waals surface area contributed by atoms with Gasteiger partial charge >= 0.3 is 5.97 Å². The van der Waals surface area contributed by atoms with Crippen LogP contribution in [0.2, 0.25) is 5.02 Å². The molecule has 9 nitrogen and oxygen atoms in total. The molecule has 30 heavy (non-hydrogen) atoms. The molecule has 2 aromatic carbocycles. The summed E-state index contributed by atoms with van der Waals surface area (Å²) in [7, 11) is 0. The number of esters is 1. The average molecular weight is 428 g/mol. The van der Waals surface area contributed by atoms with Crippen molar-refractivity contribution in [3.05, 3.63) is 91.7 Å². The van der Waals surface area contributed by atoms with Gasteiger partial charge in [-0.15, -0.1) is 0 Å². The molecular weight excluding hydrogens is 414 g/mol. The summed E-state index contributed by atoms with van der Waals surface area (Å²) in [6.07, 6.45) is 0. The average Bonchev–Trinajstić information content (AvgIpc) is 3.18. The number of carbonyl (C=O) groups is 3. The molecule has 0 spiro atoms. The number of rotatable bonds is 7. The highest BCUT2D eigenvalue weighted by Gasteiger charge is 2.33. The smallest absolute Gasteiger partial charge is 0.357 e. The lowest BCUT2D eigenvalue weighted by atomic mass is 9.96. The Hall–Kier alpha value is -3.85. The number of nitro benzene ring substituents is 1. The topological polar surface area (TPSA) is 132 Å². The molecule has 0 saturated heterocycles. The Balaban J connectivity index is 2.20. The Morgan fingerprint density at radius 2 is 1.83 bits per heavy atom. The van der Waals surface area contributed by atoms with Crippen molar-refractivity contribution < 1.29 is 24.0 Å². The van der Waals surface area contributed by atoms with Gasteiger partial charge in [0.2, 0.25) is 11.6 Å². The van der Waals surface area contributed by atoms with E-state index in [4.69, 9.17) is 16.3 Å². The summed E-state index contributed by atoms with van der Waals surface area (Å²) in [5, 5.41) is 17.7. The minimum atomic E-state index is -0.936. The van der Waals surface area contributed by atoms with Crippen LogP contribution in [0.3, 0.4) is 0 Å². The third-order valence-electron chi connectivity index (χ3n) is 4.13. The van der Waals surface area contributed by atoms with Gasteiger partial charge in [0, 0.05) is 16.7 Å². The first-order valence-corrected chi connectivity index (χ1v) is 9.06. The molecule has 0 amide bonds. The molecule has 3 aromatic rings. The third kappa shape index (κ3) is 3.96. The Morgan fingerprint density at radius 1 is 1.13 bits per heavy atom. The number of carbonyl (C=O) groups excluding carboxylic acids is 3. The number of aromatic amines is 1. The van der Waals surface area contributed by atoms with Crippen LogP contribution in [0, 0.1) is 10.1 Å². The van der Waals surface area contributed by atoms with Crippen molar-refractivity contribution in [1.29, 1.82) is 0 Å². The number of halogens is 1. The first-order valence-electron chi connectivity index (χ1n) is 8.69. The lowest BCUT2D eigenvalue weighted by Crippen LogP contribution is -2.16. The Labute approximate surface area is 174 Å². The predicted octanol–water partition coefficient (Wildman–Crippen LogP) is 3.61. The monoisotopic (exact) mass is 427 g/mol. The second kappa shape index (κ2) is 8.66. The summed E-state index contributed by atoms with van der Waals surface area (Å²) >= 11 is 5.81. The highest BCUT2D eigenvalue weighted by atomic mass is 35.5. The maximum Gasteiger partial charge on any atom is 0.357 e. The van der Waals surface area contributed by atoms with Crippen molar-refractivity contribution in [3.63, 3.8) is 0 Å². The first-order chi connectivity index (χ1) is 14.3. The summed E-state index contributed by atoms with van der Waals surface area (Å²) in [5.41, 5.74) is -1.82. The van der Waals surface area contributed by atoms with Gasteiger partial charge in [0.1, 0.15) is 11.3 Å². The van der Waals surface area contributed by atoms with Crippen LogP contribution in [0.1, 0.15) is 49.4 Å². The van der Waals surface area contributed by atoms with Gasteiger partial charge in [0.25, 0.3) is 5.69 Å². The zero-order chi connectivity index (χ0) is 21.8. The van der Waals surface area contributed by atoms with Crippen LogP contribution in [0.5, 0.6) is 0 Å². The van der Waals surface area contributed by atoms with Crippen LogP contribution in [0.4, 0.5) is 5.69 Å². The number of ketones is 2. The maximum absolute atomic E-state index is 13.3. The van der Waals surface area contributed by atoms with Crippen LogP contribution in [0.25, 0.3) is 0 Å². The molecule has 0 saturated carbocycles. The van der Waals surface area contributed by atoms with E-state index in [0.717, 1.165) is 12.1 Å². The lowest BCUT2D eigenvalue weighted by molar-refractivity contribution is -0.385. The van der Waals surface area contributed by atoms with Gasteiger partial charge in [-0.2, -0.15) is 5.10 Å². The zero-order valence-electron chi connectivity index (χ0n) is 15.5. The molecule has 1 heterocycles. The van der Waals surface area contributed by atoms with E-state index in [-0.39, 0.29) is 34.1 Å². The molecule has 0 bridgehead atoms. The molecular formula is C20H14ClN3O6. The third-order valence-corrected chi connectivity index (χ3v) is 4.36. The van der Waals surface area contributed by atoms with Crippen molar-refractivity contribution in [2.24, 2.45) is 0 Å². The van der Waals surface area contributed by atoms with Crippen molar-refractivity contribution in [1.82, 2.24) is 10.2 Å². The van der Waals surface area contributed by atoms with Crippen LogP contribution >= 0.6 is 11.6 Å². The minimum absolute atomic E-state index is 0.00847. The Kier molecular flexibility index (Phi) is 6.03. The largest absolute Gasteiger partial charge is 0.461 e. The molecule has 3 rings (SSSR count). The zero-order valence-corrected chi connectivity index (χ0v) is 16.3. The molecule has 0 atom stereocenters. The molecule has 0 unspecified atom stereocenters. The van der Waals surface area contributed by atoms with Crippen LogP contribution in [-0.4, -0.2) is 39.3 Å². The van der Waals surface area contributed by atoms with E-state index < -0.39 is 33.7 Å². The Morgan fingerprint density at radius 3 is 2.47 bits per heavy atom. The number of ether oxygens (including phenoxy) is 1. The number of nitrogens with one attached hydrogen (secondary N) is 1. The molecule has 10 heteroatoms. The first kappa shape index (κ1) is 20.9. The van der Waals surface area contributed by atoms with E-state index in [1.807, 2.05) is 0 Å². The van der Waals surface area contributed by atoms with E-state index in [1.165, 1.54) is 18.2 Å². The van der Waals surface area contributed by atoms with Gasteiger partial charge < -0.3 is 4.74 Å². The van der Waals surface area contributed by atoms with Gasteiger partial charge in [-0.3, -0.25) is 24.8 Å². The number of hydrogen-bond donors (Lipinski definition) is 1. The fourth-order valence-corrected chi connectivity index (χ4v) is 2.95. The number of nitrogens with zero attached hydrogens (tertiary/aromatic N) is 2. The normalized spacial score (nSPS) is 10.5. The van der Waals surface area contributed by atoms with Crippen molar-refractivity contribution >= 4 is 34.8 Å². The van der Waals surface area contributed by atoms with Gasteiger partial charge in [-0.05, 0) is 19.1 Å². The van der Waals surface area contributed by atoms with Gasteiger partial charge in [-0.1, -0.05) is 41.9 Å². The quantitative estimate of drug-likeness (QED) is 0.263. The highest BCUT2D eigenvalue weighted by Crippen LogP contribution is 2.28. The Bertz CT molecular complexity index is 1160. The molecule has 0 radical (unpaired) electrons. The van der Waals surface area contributed by atoms with Crippen LogP contribution < -0.4 is 0 Å². The maximum atomic E-state index is 13.3. The molecule has 0 fully saturated rings. The summed E-state index contributed by atoms with van der Waals surface area (Å²) in [6, 6.07) is 11.4. The lowest BCUT2D eigenvalue weighted by Gasteiger charge is -2.06. The summed E-state index contributed by atoms with van der Waals surface area (Å²) in [6.45, 7) is 1.57. The molecule has 0 aliphatic rings. The second-order valence-electron chi connectivity index (χ2n) is 5.99.